The first kappa shape index (κ1) is 11.8. The highest BCUT2D eigenvalue weighted by molar-refractivity contribution is 7.13. The lowest BCUT2D eigenvalue weighted by molar-refractivity contribution is 0.0996. The summed E-state index contributed by atoms with van der Waals surface area (Å²) in [5.41, 5.74) is 10.3. The van der Waals surface area contributed by atoms with Crippen LogP contribution in [0.25, 0.3) is 10.6 Å². The molecule has 0 saturated heterocycles. The Morgan fingerprint density at radius 2 is 1.82 bits per heavy atom. The first-order chi connectivity index (χ1) is 7.99. The number of aromatic nitrogens is 1. The van der Waals surface area contributed by atoms with Gasteiger partial charge in [0, 0.05) is 10.9 Å². The standard InChI is InChI=1S/C13H14N2OS/c1-7-4-9(3)10(5-8(7)2)13-15-11(6-17-13)12(14)16/h4-6H,1-3H3,(H2,14,16). The van der Waals surface area contributed by atoms with E-state index in [1.165, 1.54) is 28.0 Å². The second-order valence-corrected chi connectivity index (χ2v) is 5.01. The maximum absolute atomic E-state index is 11.0. The molecule has 4 heteroatoms. The van der Waals surface area contributed by atoms with E-state index < -0.39 is 5.91 Å². The van der Waals surface area contributed by atoms with Crippen LogP contribution in [0.5, 0.6) is 0 Å². The van der Waals surface area contributed by atoms with Gasteiger partial charge in [0.1, 0.15) is 10.7 Å². The number of nitrogens with zero attached hydrogens (tertiary/aromatic N) is 1. The molecule has 3 nitrogen and oxygen atoms in total. The minimum Gasteiger partial charge on any atom is -0.364 e. The molecule has 0 spiro atoms. The first-order valence-corrected chi connectivity index (χ1v) is 6.20. The molecule has 1 aromatic heterocycles. The summed E-state index contributed by atoms with van der Waals surface area (Å²) in [6.45, 7) is 6.21. The first-order valence-electron chi connectivity index (χ1n) is 5.32. The minimum absolute atomic E-state index is 0.336. The van der Waals surface area contributed by atoms with Gasteiger partial charge in [0.15, 0.2) is 0 Å². The Morgan fingerprint density at radius 3 is 2.41 bits per heavy atom. The van der Waals surface area contributed by atoms with E-state index in [1.807, 2.05) is 6.92 Å². The van der Waals surface area contributed by atoms with Crippen LogP contribution in [0.15, 0.2) is 17.5 Å². The number of benzene rings is 1. The highest BCUT2D eigenvalue weighted by Gasteiger charge is 2.11. The Labute approximate surface area is 104 Å². The molecule has 0 aliphatic rings. The molecule has 17 heavy (non-hydrogen) atoms. The van der Waals surface area contributed by atoms with Crippen molar-refractivity contribution in [3.05, 3.63) is 39.9 Å². The average molecular weight is 246 g/mol. The van der Waals surface area contributed by atoms with Crippen LogP contribution in [0.3, 0.4) is 0 Å². The highest BCUT2D eigenvalue weighted by Crippen LogP contribution is 2.28. The molecule has 0 radical (unpaired) electrons. The Balaban J connectivity index is 2.52. The zero-order chi connectivity index (χ0) is 12.6. The molecule has 0 bridgehead atoms. The van der Waals surface area contributed by atoms with Crippen molar-refractivity contribution in [2.45, 2.75) is 20.8 Å². The predicted octanol–water partition coefficient (Wildman–Crippen LogP) is 2.83. The largest absolute Gasteiger partial charge is 0.364 e. The minimum atomic E-state index is -0.478. The van der Waals surface area contributed by atoms with E-state index in [4.69, 9.17) is 5.73 Å². The fourth-order valence-corrected chi connectivity index (χ4v) is 2.59. The molecule has 0 unspecified atom stereocenters. The summed E-state index contributed by atoms with van der Waals surface area (Å²) in [7, 11) is 0. The number of amides is 1. The summed E-state index contributed by atoms with van der Waals surface area (Å²) < 4.78 is 0. The van der Waals surface area contributed by atoms with Crippen molar-refractivity contribution in [1.29, 1.82) is 0 Å². The molecule has 1 amide bonds. The van der Waals surface area contributed by atoms with Crippen molar-refractivity contribution in [2.75, 3.05) is 0 Å². The van der Waals surface area contributed by atoms with E-state index in [0.29, 0.717) is 5.69 Å². The van der Waals surface area contributed by atoms with Crippen LogP contribution in [0, 0.1) is 20.8 Å². The van der Waals surface area contributed by atoms with Gasteiger partial charge in [0.05, 0.1) is 0 Å². The lowest BCUT2D eigenvalue weighted by Gasteiger charge is -2.07. The van der Waals surface area contributed by atoms with E-state index in [0.717, 1.165) is 10.6 Å². The molecule has 1 heterocycles. The van der Waals surface area contributed by atoms with Crippen LogP contribution < -0.4 is 5.73 Å². The lowest BCUT2D eigenvalue weighted by Crippen LogP contribution is -2.11. The van der Waals surface area contributed by atoms with Gasteiger partial charge in [-0.15, -0.1) is 11.3 Å². The van der Waals surface area contributed by atoms with Gasteiger partial charge in [-0.2, -0.15) is 0 Å². The van der Waals surface area contributed by atoms with E-state index in [1.54, 1.807) is 5.38 Å². The fraction of sp³-hybridized carbons (Fsp3) is 0.231. The number of aryl methyl sites for hydroxylation is 3. The molecule has 0 aliphatic heterocycles. The van der Waals surface area contributed by atoms with E-state index >= 15 is 0 Å². The van der Waals surface area contributed by atoms with Crippen molar-refractivity contribution in [1.82, 2.24) is 4.98 Å². The number of thiazole rings is 1. The summed E-state index contributed by atoms with van der Waals surface area (Å²) in [4.78, 5) is 15.3. The lowest BCUT2D eigenvalue weighted by atomic mass is 10.0. The van der Waals surface area contributed by atoms with Crippen molar-refractivity contribution >= 4 is 17.2 Å². The number of primary amides is 1. The third-order valence-electron chi connectivity index (χ3n) is 2.83. The highest BCUT2D eigenvalue weighted by atomic mass is 32.1. The summed E-state index contributed by atoms with van der Waals surface area (Å²) in [5.74, 6) is -0.478. The van der Waals surface area contributed by atoms with E-state index in [-0.39, 0.29) is 0 Å². The van der Waals surface area contributed by atoms with Gasteiger partial charge >= 0.3 is 0 Å². The summed E-state index contributed by atoms with van der Waals surface area (Å²) in [5, 5.41) is 2.55. The Hall–Kier alpha value is -1.68. The molecule has 0 aliphatic carbocycles. The van der Waals surface area contributed by atoms with Gasteiger partial charge in [0.2, 0.25) is 0 Å². The fourth-order valence-electron chi connectivity index (χ4n) is 1.70. The normalized spacial score (nSPS) is 10.5. The summed E-state index contributed by atoms with van der Waals surface area (Å²) in [6, 6.07) is 4.24. The van der Waals surface area contributed by atoms with Crippen molar-refractivity contribution in [2.24, 2.45) is 5.73 Å². The molecule has 2 rings (SSSR count). The second kappa shape index (κ2) is 4.30. The van der Waals surface area contributed by atoms with Gasteiger partial charge in [-0.3, -0.25) is 4.79 Å². The molecule has 88 valence electrons. The second-order valence-electron chi connectivity index (χ2n) is 4.15. The molecule has 1 aromatic carbocycles. The predicted molar refractivity (Wildman–Crippen MR) is 70.3 cm³/mol. The van der Waals surface area contributed by atoms with E-state index in [9.17, 15) is 4.79 Å². The quantitative estimate of drug-likeness (QED) is 0.885. The summed E-state index contributed by atoms with van der Waals surface area (Å²) in [6.07, 6.45) is 0. The van der Waals surface area contributed by atoms with Gasteiger partial charge < -0.3 is 5.73 Å². The third kappa shape index (κ3) is 2.22. The van der Waals surface area contributed by atoms with Gasteiger partial charge in [-0.05, 0) is 43.5 Å². The monoisotopic (exact) mass is 246 g/mol. The molecule has 0 atom stereocenters. The number of carbonyl (C=O) groups excluding carboxylic acids is 1. The SMILES string of the molecule is Cc1cc(C)c(-c2nc(C(N)=O)cs2)cc1C. The Bertz CT molecular complexity index is 587. The van der Waals surface area contributed by atoms with Crippen molar-refractivity contribution in [3.63, 3.8) is 0 Å². The average Bonchev–Trinajstić information content (AvgIpc) is 2.72. The number of rotatable bonds is 2. The smallest absolute Gasteiger partial charge is 0.268 e. The van der Waals surface area contributed by atoms with Crippen LogP contribution >= 0.6 is 11.3 Å². The molecule has 2 N–H and O–H groups in total. The molecular weight excluding hydrogens is 232 g/mol. The van der Waals surface area contributed by atoms with Crippen LogP contribution in [0.1, 0.15) is 27.2 Å². The van der Waals surface area contributed by atoms with Crippen molar-refractivity contribution in [3.8, 4) is 10.6 Å². The van der Waals surface area contributed by atoms with Gasteiger partial charge in [0.25, 0.3) is 5.91 Å². The van der Waals surface area contributed by atoms with E-state index in [2.05, 4.69) is 31.0 Å². The number of nitrogens with two attached hydrogens (primary N) is 1. The Morgan fingerprint density at radius 1 is 1.18 bits per heavy atom. The van der Waals surface area contributed by atoms with Gasteiger partial charge in [-0.1, -0.05) is 6.07 Å². The van der Waals surface area contributed by atoms with Crippen LogP contribution in [0.4, 0.5) is 0 Å². The number of hydrogen-bond donors (Lipinski definition) is 1. The molecule has 2 aromatic rings. The molecule has 0 saturated carbocycles. The number of hydrogen-bond acceptors (Lipinski definition) is 3. The topological polar surface area (TPSA) is 56.0 Å². The third-order valence-corrected chi connectivity index (χ3v) is 3.70. The Kier molecular flexibility index (Phi) is 2.98. The number of carbonyl (C=O) groups is 1. The van der Waals surface area contributed by atoms with Crippen LogP contribution in [0.2, 0.25) is 0 Å². The van der Waals surface area contributed by atoms with Crippen molar-refractivity contribution < 1.29 is 4.79 Å². The van der Waals surface area contributed by atoms with Crippen LogP contribution in [-0.4, -0.2) is 10.9 Å². The van der Waals surface area contributed by atoms with Gasteiger partial charge in [-0.25, -0.2) is 4.98 Å². The molecule has 0 fully saturated rings. The summed E-state index contributed by atoms with van der Waals surface area (Å²) >= 11 is 1.45. The zero-order valence-corrected chi connectivity index (χ0v) is 10.9. The zero-order valence-electron chi connectivity index (χ0n) is 10.1. The van der Waals surface area contributed by atoms with Crippen LogP contribution in [-0.2, 0) is 0 Å². The maximum Gasteiger partial charge on any atom is 0.268 e. The molecular formula is C13H14N2OS. The maximum atomic E-state index is 11.0.